The molecule has 1 saturated heterocycles. The molecule has 0 bridgehead atoms. The third-order valence-corrected chi connectivity index (χ3v) is 3.91. The second-order valence-corrected chi connectivity index (χ2v) is 5.56. The summed E-state index contributed by atoms with van der Waals surface area (Å²) in [6.07, 6.45) is 1.57. The van der Waals surface area contributed by atoms with Crippen molar-refractivity contribution in [2.75, 3.05) is 26.2 Å². The van der Waals surface area contributed by atoms with E-state index in [4.69, 9.17) is 5.73 Å². The molecule has 0 radical (unpaired) electrons. The average Bonchev–Trinajstić information content (AvgIpc) is 2.54. The van der Waals surface area contributed by atoms with Gasteiger partial charge < -0.3 is 20.6 Å². The fourth-order valence-corrected chi connectivity index (χ4v) is 2.59. The summed E-state index contributed by atoms with van der Waals surface area (Å²) in [6.45, 7) is 4.04. The van der Waals surface area contributed by atoms with Crippen molar-refractivity contribution in [1.82, 2.24) is 9.80 Å². The number of benzene rings is 1. The monoisotopic (exact) mass is 305 g/mol. The molecule has 1 aliphatic heterocycles. The highest BCUT2D eigenvalue weighted by atomic mass is 16.3. The third-order valence-electron chi connectivity index (χ3n) is 3.91. The summed E-state index contributed by atoms with van der Waals surface area (Å²) in [4.78, 5) is 27.9. The minimum atomic E-state index is -0.440. The number of amides is 2. The van der Waals surface area contributed by atoms with E-state index >= 15 is 0 Å². The first kappa shape index (κ1) is 16.3. The lowest BCUT2D eigenvalue weighted by molar-refractivity contribution is -0.134. The maximum atomic E-state index is 12.3. The molecule has 2 rings (SSSR count). The summed E-state index contributed by atoms with van der Waals surface area (Å²) in [5.74, 6) is 0.0282. The van der Waals surface area contributed by atoms with Crippen LogP contribution in [0.15, 0.2) is 24.3 Å². The van der Waals surface area contributed by atoms with E-state index in [1.54, 1.807) is 21.9 Å². The molecule has 1 atom stereocenters. The SMILES string of the molecule is CCCC(N)C(=O)N1CCN(C(=O)c2ccc(O)cc2)CC1. The molecule has 0 aromatic heterocycles. The molecular weight excluding hydrogens is 282 g/mol. The Labute approximate surface area is 130 Å². The van der Waals surface area contributed by atoms with E-state index in [0.29, 0.717) is 38.2 Å². The van der Waals surface area contributed by atoms with Crippen LogP contribution in [0, 0.1) is 0 Å². The molecule has 2 amide bonds. The van der Waals surface area contributed by atoms with Crippen molar-refractivity contribution in [2.24, 2.45) is 5.73 Å². The number of phenols is 1. The maximum absolute atomic E-state index is 12.3. The Morgan fingerprint density at radius 1 is 1.14 bits per heavy atom. The van der Waals surface area contributed by atoms with Crippen molar-refractivity contribution in [1.29, 1.82) is 0 Å². The first-order valence-corrected chi connectivity index (χ1v) is 7.65. The molecular formula is C16H23N3O3. The first-order chi connectivity index (χ1) is 10.5. The predicted octanol–water partition coefficient (Wildman–Crippen LogP) is 0.804. The Bertz CT molecular complexity index is 522. The van der Waals surface area contributed by atoms with Gasteiger partial charge in [-0.25, -0.2) is 0 Å². The van der Waals surface area contributed by atoms with Crippen LogP contribution in [0.1, 0.15) is 30.1 Å². The largest absolute Gasteiger partial charge is 0.508 e. The molecule has 1 aromatic rings. The highest BCUT2D eigenvalue weighted by molar-refractivity contribution is 5.94. The van der Waals surface area contributed by atoms with Gasteiger partial charge >= 0.3 is 0 Å². The van der Waals surface area contributed by atoms with E-state index < -0.39 is 6.04 Å². The minimum Gasteiger partial charge on any atom is -0.508 e. The molecule has 120 valence electrons. The molecule has 1 aromatic carbocycles. The van der Waals surface area contributed by atoms with Crippen LogP contribution < -0.4 is 5.73 Å². The number of piperazine rings is 1. The zero-order valence-electron chi connectivity index (χ0n) is 12.9. The Hall–Kier alpha value is -2.08. The molecule has 3 N–H and O–H groups in total. The molecule has 0 spiro atoms. The van der Waals surface area contributed by atoms with Crippen molar-refractivity contribution in [3.8, 4) is 5.75 Å². The molecule has 1 aliphatic rings. The summed E-state index contributed by atoms with van der Waals surface area (Å²) in [5, 5.41) is 9.26. The quantitative estimate of drug-likeness (QED) is 0.861. The highest BCUT2D eigenvalue weighted by Gasteiger charge is 2.27. The van der Waals surface area contributed by atoms with Gasteiger partial charge in [0.15, 0.2) is 0 Å². The summed E-state index contributed by atoms with van der Waals surface area (Å²) in [5.41, 5.74) is 6.40. The Morgan fingerprint density at radius 3 is 2.23 bits per heavy atom. The predicted molar refractivity (Wildman–Crippen MR) is 83.5 cm³/mol. The van der Waals surface area contributed by atoms with Gasteiger partial charge in [-0.15, -0.1) is 0 Å². The van der Waals surface area contributed by atoms with E-state index in [-0.39, 0.29) is 17.6 Å². The zero-order chi connectivity index (χ0) is 16.1. The topological polar surface area (TPSA) is 86.9 Å². The molecule has 1 heterocycles. The van der Waals surface area contributed by atoms with Crippen LogP contribution in [0.5, 0.6) is 5.75 Å². The Balaban J connectivity index is 1.90. The maximum Gasteiger partial charge on any atom is 0.253 e. The molecule has 1 unspecified atom stereocenters. The summed E-state index contributed by atoms with van der Waals surface area (Å²) in [6, 6.07) is 5.76. The van der Waals surface area contributed by atoms with Gasteiger partial charge in [0.2, 0.25) is 5.91 Å². The lowest BCUT2D eigenvalue weighted by Crippen LogP contribution is -2.54. The Morgan fingerprint density at radius 2 is 1.68 bits per heavy atom. The van der Waals surface area contributed by atoms with E-state index in [1.807, 2.05) is 6.92 Å². The number of phenolic OH excluding ortho intramolecular Hbond substituents is 1. The Kier molecular flexibility index (Phi) is 5.38. The molecule has 0 aliphatic carbocycles. The van der Waals surface area contributed by atoms with Crippen LogP contribution >= 0.6 is 0 Å². The summed E-state index contributed by atoms with van der Waals surface area (Å²) < 4.78 is 0. The standard InChI is InChI=1S/C16H23N3O3/c1-2-3-14(17)16(22)19-10-8-18(9-11-19)15(21)12-4-6-13(20)7-5-12/h4-7,14,20H,2-3,8-11,17H2,1H3. The number of nitrogens with zero attached hydrogens (tertiary/aromatic N) is 2. The highest BCUT2D eigenvalue weighted by Crippen LogP contribution is 2.14. The van der Waals surface area contributed by atoms with Gasteiger partial charge in [0.1, 0.15) is 5.75 Å². The number of nitrogens with two attached hydrogens (primary N) is 1. The number of aromatic hydroxyl groups is 1. The molecule has 1 fully saturated rings. The fraction of sp³-hybridized carbons (Fsp3) is 0.500. The molecule has 6 heteroatoms. The average molecular weight is 305 g/mol. The van der Waals surface area contributed by atoms with Crippen LogP contribution in [0.4, 0.5) is 0 Å². The number of hydrogen-bond donors (Lipinski definition) is 2. The molecule has 6 nitrogen and oxygen atoms in total. The van der Waals surface area contributed by atoms with Crippen LogP contribution in [0.3, 0.4) is 0 Å². The fourth-order valence-electron chi connectivity index (χ4n) is 2.59. The number of hydrogen-bond acceptors (Lipinski definition) is 4. The van der Waals surface area contributed by atoms with Crippen molar-refractivity contribution < 1.29 is 14.7 Å². The number of rotatable bonds is 4. The van der Waals surface area contributed by atoms with Gasteiger partial charge in [0.05, 0.1) is 6.04 Å². The van der Waals surface area contributed by atoms with Gasteiger partial charge in [-0.05, 0) is 30.7 Å². The van der Waals surface area contributed by atoms with E-state index in [9.17, 15) is 14.7 Å². The molecule has 0 saturated carbocycles. The van der Waals surface area contributed by atoms with Crippen LogP contribution in [-0.4, -0.2) is 58.9 Å². The van der Waals surface area contributed by atoms with Crippen LogP contribution in [-0.2, 0) is 4.79 Å². The molecule has 22 heavy (non-hydrogen) atoms. The van der Waals surface area contributed by atoms with Crippen LogP contribution in [0.25, 0.3) is 0 Å². The minimum absolute atomic E-state index is 0.0291. The van der Waals surface area contributed by atoms with Crippen molar-refractivity contribution in [3.05, 3.63) is 29.8 Å². The van der Waals surface area contributed by atoms with E-state index in [1.165, 1.54) is 12.1 Å². The van der Waals surface area contributed by atoms with E-state index in [0.717, 1.165) is 6.42 Å². The van der Waals surface area contributed by atoms with Gasteiger partial charge in [-0.2, -0.15) is 0 Å². The number of carbonyl (C=O) groups excluding carboxylic acids is 2. The second-order valence-electron chi connectivity index (χ2n) is 5.56. The van der Waals surface area contributed by atoms with Gasteiger partial charge in [0, 0.05) is 31.7 Å². The van der Waals surface area contributed by atoms with Crippen LogP contribution in [0.2, 0.25) is 0 Å². The normalized spacial score (nSPS) is 16.5. The van der Waals surface area contributed by atoms with Crippen molar-refractivity contribution in [3.63, 3.8) is 0 Å². The smallest absolute Gasteiger partial charge is 0.253 e. The van der Waals surface area contributed by atoms with Gasteiger partial charge in [-0.1, -0.05) is 13.3 Å². The lowest BCUT2D eigenvalue weighted by Gasteiger charge is -2.36. The van der Waals surface area contributed by atoms with Gasteiger partial charge in [0.25, 0.3) is 5.91 Å². The lowest BCUT2D eigenvalue weighted by atomic mass is 10.1. The second kappa shape index (κ2) is 7.26. The van der Waals surface area contributed by atoms with E-state index in [2.05, 4.69) is 0 Å². The summed E-state index contributed by atoms with van der Waals surface area (Å²) >= 11 is 0. The number of carbonyl (C=O) groups is 2. The zero-order valence-corrected chi connectivity index (χ0v) is 12.9. The first-order valence-electron chi connectivity index (χ1n) is 7.65. The summed E-state index contributed by atoms with van der Waals surface area (Å²) in [7, 11) is 0. The van der Waals surface area contributed by atoms with Crippen molar-refractivity contribution in [2.45, 2.75) is 25.8 Å². The van der Waals surface area contributed by atoms with Gasteiger partial charge in [-0.3, -0.25) is 9.59 Å². The third kappa shape index (κ3) is 3.76. The van der Waals surface area contributed by atoms with Crippen molar-refractivity contribution >= 4 is 11.8 Å².